The molecular weight excluding hydrogens is 172 g/mol. The zero-order valence-corrected chi connectivity index (χ0v) is 8.59. The van der Waals surface area contributed by atoms with Crippen LogP contribution in [0.3, 0.4) is 0 Å². The van der Waals surface area contributed by atoms with Crippen molar-refractivity contribution in [1.29, 1.82) is 5.26 Å². The molecule has 0 aliphatic carbocycles. The lowest BCUT2D eigenvalue weighted by Gasteiger charge is -2.03. The standard InChI is InChI=1S/C12H16N2/c1-11-5-4-6-12(9-11)10-14-8-3-2-7-13/h4-6,9,14H,2-3,8,10H2,1H3. The molecule has 1 N–H and O–H groups in total. The Bertz CT molecular complexity index is 312. The zero-order valence-electron chi connectivity index (χ0n) is 8.59. The Labute approximate surface area is 85.6 Å². The number of hydrogen-bond donors (Lipinski definition) is 1. The van der Waals surface area contributed by atoms with Gasteiger partial charge in [-0.2, -0.15) is 5.26 Å². The van der Waals surface area contributed by atoms with E-state index in [-0.39, 0.29) is 0 Å². The number of nitrogens with zero attached hydrogens (tertiary/aromatic N) is 1. The topological polar surface area (TPSA) is 35.8 Å². The molecule has 0 aliphatic heterocycles. The fourth-order valence-corrected chi connectivity index (χ4v) is 1.35. The largest absolute Gasteiger partial charge is 0.313 e. The van der Waals surface area contributed by atoms with Crippen molar-refractivity contribution in [3.8, 4) is 6.07 Å². The first-order chi connectivity index (χ1) is 6.83. The first kappa shape index (κ1) is 10.7. The monoisotopic (exact) mass is 188 g/mol. The Balaban J connectivity index is 2.22. The summed E-state index contributed by atoms with van der Waals surface area (Å²) < 4.78 is 0. The summed E-state index contributed by atoms with van der Waals surface area (Å²) in [4.78, 5) is 0. The van der Waals surface area contributed by atoms with E-state index in [0.717, 1.165) is 19.5 Å². The van der Waals surface area contributed by atoms with Crippen LogP contribution in [-0.2, 0) is 6.54 Å². The highest BCUT2D eigenvalue weighted by atomic mass is 14.8. The van der Waals surface area contributed by atoms with Gasteiger partial charge in [0, 0.05) is 13.0 Å². The van der Waals surface area contributed by atoms with E-state index < -0.39 is 0 Å². The van der Waals surface area contributed by atoms with Crippen LogP contribution >= 0.6 is 0 Å². The van der Waals surface area contributed by atoms with Gasteiger partial charge in [0.15, 0.2) is 0 Å². The second-order valence-corrected chi connectivity index (χ2v) is 3.43. The van der Waals surface area contributed by atoms with Crippen molar-refractivity contribution in [3.05, 3.63) is 35.4 Å². The van der Waals surface area contributed by atoms with Gasteiger partial charge in [0.1, 0.15) is 0 Å². The number of rotatable bonds is 5. The third kappa shape index (κ3) is 4.06. The lowest BCUT2D eigenvalue weighted by Crippen LogP contribution is -2.14. The van der Waals surface area contributed by atoms with Crippen LogP contribution in [-0.4, -0.2) is 6.54 Å². The normalized spacial score (nSPS) is 9.71. The molecule has 1 aromatic carbocycles. The van der Waals surface area contributed by atoms with Gasteiger partial charge in [0.05, 0.1) is 6.07 Å². The van der Waals surface area contributed by atoms with Crippen LogP contribution < -0.4 is 5.32 Å². The smallest absolute Gasteiger partial charge is 0.0622 e. The highest BCUT2D eigenvalue weighted by molar-refractivity contribution is 5.21. The Hall–Kier alpha value is -1.33. The van der Waals surface area contributed by atoms with Crippen molar-refractivity contribution in [2.45, 2.75) is 26.3 Å². The molecule has 0 heterocycles. The van der Waals surface area contributed by atoms with Gasteiger partial charge in [-0.05, 0) is 25.5 Å². The quantitative estimate of drug-likeness (QED) is 0.720. The van der Waals surface area contributed by atoms with Crippen LogP contribution in [0.1, 0.15) is 24.0 Å². The molecule has 1 rings (SSSR count). The molecule has 0 saturated heterocycles. The molecule has 0 unspecified atom stereocenters. The van der Waals surface area contributed by atoms with E-state index in [1.54, 1.807) is 0 Å². The average molecular weight is 188 g/mol. The molecule has 0 bridgehead atoms. The second-order valence-electron chi connectivity index (χ2n) is 3.43. The molecule has 1 aromatic rings. The van der Waals surface area contributed by atoms with Crippen LogP contribution in [0.4, 0.5) is 0 Å². The van der Waals surface area contributed by atoms with Gasteiger partial charge in [-0.15, -0.1) is 0 Å². The molecule has 14 heavy (non-hydrogen) atoms. The number of unbranched alkanes of at least 4 members (excludes halogenated alkanes) is 1. The molecule has 2 nitrogen and oxygen atoms in total. The second kappa shape index (κ2) is 6.17. The van der Waals surface area contributed by atoms with Gasteiger partial charge in [-0.25, -0.2) is 0 Å². The van der Waals surface area contributed by atoms with Crippen LogP contribution in [0.25, 0.3) is 0 Å². The van der Waals surface area contributed by atoms with Crippen LogP contribution in [0.2, 0.25) is 0 Å². The number of nitrogens with one attached hydrogen (secondary N) is 1. The predicted octanol–water partition coefficient (Wildman–Crippen LogP) is 2.39. The zero-order chi connectivity index (χ0) is 10.2. The molecule has 2 heteroatoms. The Morgan fingerprint density at radius 1 is 1.43 bits per heavy atom. The minimum Gasteiger partial charge on any atom is -0.313 e. The minimum atomic E-state index is 0.640. The summed E-state index contributed by atoms with van der Waals surface area (Å²) in [5, 5.41) is 11.7. The summed E-state index contributed by atoms with van der Waals surface area (Å²) in [6.07, 6.45) is 1.57. The molecule has 0 saturated carbocycles. The van der Waals surface area contributed by atoms with E-state index in [0.29, 0.717) is 6.42 Å². The van der Waals surface area contributed by atoms with Gasteiger partial charge in [0.25, 0.3) is 0 Å². The van der Waals surface area contributed by atoms with E-state index in [9.17, 15) is 0 Å². The summed E-state index contributed by atoms with van der Waals surface area (Å²) in [5.41, 5.74) is 2.60. The van der Waals surface area contributed by atoms with E-state index in [4.69, 9.17) is 5.26 Å². The van der Waals surface area contributed by atoms with Crippen LogP contribution in [0.5, 0.6) is 0 Å². The molecule has 0 radical (unpaired) electrons. The molecular formula is C12H16N2. The van der Waals surface area contributed by atoms with Gasteiger partial charge >= 0.3 is 0 Å². The Morgan fingerprint density at radius 2 is 2.29 bits per heavy atom. The SMILES string of the molecule is Cc1cccc(CNCCCC#N)c1. The van der Waals surface area contributed by atoms with E-state index >= 15 is 0 Å². The number of nitriles is 1. The number of benzene rings is 1. The third-order valence-corrected chi connectivity index (χ3v) is 2.05. The van der Waals surface area contributed by atoms with Crippen molar-refractivity contribution in [2.75, 3.05) is 6.54 Å². The number of aryl methyl sites for hydroxylation is 1. The number of hydrogen-bond acceptors (Lipinski definition) is 2. The maximum absolute atomic E-state index is 8.34. The van der Waals surface area contributed by atoms with Crippen molar-refractivity contribution in [3.63, 3.8) is 0 Å². The Kier molecular flexibility index (Phi) is 4.74. The molecule has 0 aliphatic rings. The van der Waals surface area contributed by atoms with Gasteiger partial charge in [-0.3, -0.25) is 0 Å². The fourth-order valence-electron chi connectivity index (χ4n) is 1.35. The molecule has 0 fully saturated rings. The highest BCUT2D eigenvalue weighted by Gasteiger charge is 1.92. The van der Waals surface area contributed by atoms with Gasteiger partial charge < -0.3 is 5.32 Å². The minimum absolute atomic E-state index is 0.640. The lowest BCUT2D eigenvalue weighted by molar-refractivity contribution is 0.657. The molecule has 74 valence electrons. The lowest BCUT2D eigenvalue weighted by atomic mass is 10.1. The van der Waals surface area contributed by atoms with Crippen molar-refractivity contribution in [1.82, 2.24) is 5.32 Å². The molecule has 0 spiro atoms. The van der Waals surface area contributed by atoms with Crippen LogP contribution in [0, 0.1) is 18.3 Å². The Morgan fingerprint density at radius 3 is 3.00 bits per heavy atom. The average Bonchev–Trinajstić information content (AvgIpc) is 2.18. The molecule has 0 amide bonds. The third-order valence-electron chi connectivity index (χ3n) is 2.05. The maximum atomic E-state index is 8.34. The van der Waals surface area contributed by atoms with E-state index in [1.165, 1.54) is 11.1 Å². The van der Waals surface area contributed by atoms with Crippen molar-refractivity contribution in [2.24, 2.45) is 0 Å². The van der Waals surface area contributed by atoms with E-state index in [2.05, 4.69) is 42.6 Å². The maximum Gasteiger partial charge on any atom is 0.0622 e. The fraction of sp³-hybridized carbons (Fsp3) is 0.417. The van der Waals surface area contributed by atoms with Crippen LogP contribution in [0.15, 0.2) is 24.3 Å². The van der Waals surface area contributed by atoms with Gasteiger partial charge in [0.2, 0.25) is 0 Å². The summed E-state index contributed by atoms with van der Waals surface area (Å²) in [7, 11) is 0. The van der Waals surface area contributed by atoms with Crippen molar-refractivity contribution < 1.29 is 0 Å². The first-order valence-electron chi connectivity index (χ1n) is 4.96. The summed E-state index contributed by atoms with van der Waals surface area (Å²) in [5.74, 6) is 0. The van der Waals surface area contributed by atoms with E-state index in [1.807, 2.05) is 0 Å². The summed E-state index contributed by atoms with van der Waals surface area (Å²) in [6.45, 7) is 3.91. The molecule has 0 aromatic heterocycles. The molecule has 0 atom stereocenters. The van der Waals surface area contributed by atoms with Gasteiger partial charge in [-0.1, -0.05) is 29.8 Å². The first-order valence-corrected chi connectivity index (χ1v) is 4.96. The predicted molar refractivity (Wildman–Crippen MR) is 57.7 cm³/mol. The summed E-state index contributed by atoms with van der Waals surface area (Å²) >= 11 is 0. The highest BCUT2D eigenvalue weighted by Crippen LogP contribution is 2.03. The summed E-state index contributed by atoms with van der Waals surface area (Å²) in [6, 6.07) is 10.6. The van der Waals surface area contributed by atoms with Crippen molar-refractivity contribution >= 4 is 0 Å².